The van der Waals surface area contributed by atoms with E-state index in [-0.39, 0.29) is 18.4 Å². The molecule has 0 fully saturated rings. The molecule has 1 heterocycles. The summed E-state index contributed by atoms with van der Waals surface area (Å²) in [5.41, 5.74) is 2.33. The van der Waals surface area contributed by atoms with Gasteiger partial charge in [-0.1, -0.05) is 108 Å². The van der Waals surface area contributed by atoms with E-state index in [2.05, 4.69) is 44.4 Å². The van der Waals surface area contributed by atoms with Crippen LogP contribution in [0.25, 0.3) is 0 Å². The Morgan fingerprint density at radius 1 is 0.703 bits per heavy atom. The minimum Gasteiger partial charge on any atom is -0.333 e. The van der Waals surface area contributed by atoms with E-state index in [0.29, 0.717) is 26.1 Å². The summed E-state index contributed by atoms with van der Waals surface area (Å²) in [5, 5.41) is 2.08. The SMILES string of the molecule is CCCCCCCCCCCCCC(=O)N(CCC)CC(=O)N(Cc1ccccc1)Cc1sccc1C. The molecule has 2 amide bonds. The van der Waals surface area contributed by atoms with Gasteiger partial charge < -0.3 is 9.80 Å². The van der Waals surface area contributed by atoms with Crippen LogP contribution < -0.4 is 0 Å². The van der Waals surface area contributed by atoms with Gasteiger partial charge in [-0.3, -0.25) is 9.59 Å². The molecule has 0 saturated carbocycles. The monoisotopic (exact) mass is 526 g/mol. The third-order valence-corrected chi connectivity index (χ3v) is 8.05. The quantitative estimate of drug-likeness (QED) is 0.162. The molecule has 0 radical (unpaired) electrons. The number of thiophene rings is 1. The molecular weight excluding hydrogens is 476 g/mol. The third kappa shape index (κ3) is 12.8. The average molecular weight is 527 g/mol. The van der Waals surface area contributed by atoms with Gasteiger partial charge in [-0.2, -0.15) is 0 Å². The van der Waals surface area contributed by atoms with Crippen molar-refractivity contribution in [2.45, 2.75) is 117 Å². The van der Waals surface area contributed by atoms with E-state index in [1.54, 1.807) is 16.2 Å². The number of rotatable bonds is 20. The second kappa shape index (κ2) is 19.0. The fraction of sp³-hybridized carbons (Fsp3) is 0.625. The van der Waals surface area contributed by atoms with Gasteiger partial charge in [0.15, 0.2) is 0 Å². The van der Waals surface area contributed by atoms with E-state index in [1.165, 1.54) is 68.2 Å². The third-order valence-electron chi connectivity index (χ3n) is 7.04. The van der Waals surface area contributed by atoms with Crippen LogP contribution in [0, 0.1) is 6.92 Å². The van der Waals surface area contributed by atoms with E-state index in [1.807, 2.05) is 23.1 Å². The van der Waals surface area contributed by atoms with E-state index in [9.17, 15) is 9.59 Å². The topological polar surface area (TPSA) is 40.6 Å². The van der Waals surface area contributed by atoms with Crippen molar-refractivity contribution in [3.8, 4) is 0 Å². The molecule has 0 atom stereocenters. The predicted molar refractivity (Wildman–Crippen MR) is 158 cm³/mol. The number of carbonyl (C=O) groups excluding carboxylic acids is 2. The van der Waals surface area contributed by atoms with Gasteiger partial charge in [0.05, 0.1) is 13.1 Å². The number of carbonyl (C=O) groups is 2. The molecule has 0 unspecified atom stereocenters. The lowest BCUT2D eigenvalue weighted by Gasteiger charge is -2.28. The van der Waals surface area contributed by atoms with Crippen molar-refractivity contribution in [3.05, 3.63) is 57.8 Å². The van der Waals surface area contributed by atoms with Crippen LogP contribution in [0.3, 0.4) is 0 Å². The van der Waals surface area contributed by atoms with Crippen LogP contribution in [0.2, 0.25) is 0 Å². The predicted octanol–water partition coefficient (Wildman–Crippen LogP) is 8.53. The van der Waals surface area contributed by atoms with E-state index in [4.69, 9.17) is 0 Å². The molecule has 1 aromatic carbocycles. The average Bonchev–Trinajstić information content (AvgIpc) is 3.31. The summed E-state index contributed by atoms with van der Waals surface area (Å²) in [6, 6.07) is 12.2. The van der Waals surface area contributed by atoms with Crippen LogP contribution in [0.5, 0.6) is 0 Å². The van der Waals surface area contributed by atoms with Crippen molar-refractivity contribution in [2.24, 2.45) is 0 Å². The van der Waals surface area contributed by atoms with Crippen LogP contribution >= 0.6 is 11.3 Å². The summed E-state index contributed by atoms with van der Waals surface area (Å²) in [4.78, 5) is 31.4. The molecule has 0 aliphatic heterocycles. The maximum absolute atomic E-state index is 13.5. The first-order valence-electron chi connectivity index (χ1n) is 14.7. The van der Waals surface area contributed by atoms with Gasteiger partial charge >= 0.3 is 0 Å². The van der Waals surface area contributed by atoms with E-state index in [0.717, 1.165) is 24.8 Å². The molecule has 37 heavy (non-hydrogen) atoms. The summed E-state index contributed by atoms with van der Waals surface area (Å²) in [7, 11) is 0. The maximum atomic E-state index is 13.5. The fourth-order valence-electron chi connectivity index (χ4n) is 4.70. The summed E-state index contributed by atoms with van der Waals surface area (Å²) >= 11 is 1.69. The Bertz CT molecular complexity index is 880. The molecule has 2 aromatic rings. The van der Waals surface area contributed by atoms with Gasteiger partial charge in [0.1, 0.15) is 0 Å². The second-order valence-electron chi connectivity index (χ2n) is 10.4. The van der Waals surface area contributed by atoms with Gasteiger partial charge in [-0.05, 0) is 42.3 Å². The van der Waals surface area contributed by atoms with E-state index < -0.39 is 0 Å². The fourth-order valence-corrected chi connectivity index (χ4v) is 5.62. The highest BCUT2D eigenvalue weighted by Gasteiger charge is 2.22. The van der Waals surface area contributed by atoms with Gasteiger partial charge in [0.2, 0.25) is 11.8 Å². The molecule has 2 rings (SSSR count). The highest BCUT2D eigenvalue weighted by molar-refractivity contribution is 7.10. The molecular formula is C32H50N2O2S. The standard InChI is InChI=1S/C32H50N2O2S/c1-4-6-7-8-9-10-11-12-13-14-18-21-31(35)33(23-5-2)27-32(36)34(25-29-19-16-15-17-20-29)26-30-28(3)22-24-37-30/h15-17,19-20,22,24H,4-14,18,21,23,25-27H2,1-3H3. The molecule has 0 bridgehead atoms. The van der Waals surface area contributed by atoms with Crippen molar-refractivity contribution in [3.63, 3.8) is 0 Å². The number of unbranched alkanes of at least 4 members (excludes halogenated alkanes) is 10. The molecule has 0 saturated heterocycles. The Morgan fingerprint density at radius 3 is 1.89 bits per heavy atom. The molecule has 0 spiro atoms. The normalized spacial score (nSPS) is 11.0. The van der Waals surface area contributed by atoms with Crippen molar-refractivity contribution in [2.75, 3.05) is 13.1 Å². The Morgan fingerprint density at radius 2 is 1.32 bits per heavy atom. The molecule has 5 heteroatoms. The van der Waals surface area contributed by atoms with Crippen LogP contribution in [-0.4, -0.2) is 34.7 Å². The van der Waals surface area contributed by atoms with Crippen molar-refractivity contribution < 1.29 is 9.59 Å². The molecule has 0 aliphatic rings. The summed E-state index contributed by atoms with van der Waals surface area (Å²) in [5.74, 6) is 0.149. The van der Waals surface area contributed by atoms with Crippen molar-refractivity contribution in [1.29, 1.82) is 0 Å². The molecule has 0 N–H and O–H groups in total. The number of amides is 2. The molecule has 0 aliphatic carbocycles. The number of nitrogens with zero attached hydrogens (tertiary/aromatic N) is 2. The van der Waals surface area contributed by atoms with Crippen LogP contribution in [-0.2, 0) is 22.7 Å². The summed E-state index contributed by atoms with van der Waals surface area (Å²) in [6.07, 6.45) is 15.4. The molecule has 4 nitrogen and oxygen atoms in total. The molecule has 1 aromatic heterocycles. The van der Waals surface area contributed by atoms with Crippen molar-refractivity contribution in [1.82, 2.24) is 9.80 Å². The number of hydrogen-bond donors (Lipinski definition) is 0. The highest BCUT2D eigenvalue weighted by atomic mass is 32.1. The van der Waals surface area contributed by atoms with Crippen LogP contribution in [0.4, 0.5) is 0 Å². The summed E-state index contributed by atoms with van der Waals surface area (Å²) in [6.45, 7) is 8.38. The highest BCUT2D eigenvalue weighted by Crippen LogP contribution is 2.20. The first-order valence-corrected chi connectivity index (χ1v) is 15.6. The van der Waals surface area contributed by atoms with Crippen molar-refractivity contribution >= 4 is 23.2 Å². The minimum atomic E-state index is 0.0254. The Hall–Kier alpha value is -2.14. The van der Waals surface area contributed by atoms with Gasteiger partial charge in [-0.25, -0.2) is 0 Å². The maximum Gasteiger partial charge on any atom is 0.242 e. The molecule has 206 valence electrons. The van der Waals surface area contributed by atoms with Crippen LogP contribution in [0.1, 0.15) is 113 Å². The number of aryl methyl sites for hydroxylation is 1. The Balaban J connectivity index is 1.80. The largest absolute Gasteiger partial charge is 0.333 e. The van der Waals surface area contributed by atoms with Gasteiger partial charge in [0.25, 0.3) is 0 Å². The zero-order valence-electron chi connectivity index (χ0n) is 23.7. The lowest BCUT2D eigenvalue weighted by molar-refractivity contribution is -0.141. The van der Waals surface area contributed by atoms with Crippen LogP contribution in [0.15, 0.2) is 41.8 Å². The first-order chi connectivity index (χ1) is 18.0. The smallest absolute Gasteiger partial charge is 0.242 e. The lowest BCUT2D eigenvalue weighted by Crippen LogP contribution is -2.42. The Kier molecular flexibility index (Phi) is 16.0. The lowest BCUT2D eigenvalue weighted by atomic mass is 10.1. The number of hydrogen-bond acceptors (Lipinski definition) is 3. The zero-order valence-corrected chi connectivity index (χ0v) is 24.5. The minimum absolute atomic E-state index is 0.0254. The number of benzene rings is 1. The van der Waals surface area contributed by atoms with Gasteiger partial charge in [0, 0.05) is 24.4 Å². The van der Waals surface area contributed by atoms with E-state index >= 15 is 0 Å². The Labute approximate surface area is 230 Å². The first kappa shape index (κ1) is 31.1. The van der Waals surface area contributed by atoms with Gasteiger partial charge in [-0.15, -0.1) is 11.3 Å². The zero-order chi connectivity index (χ0) is 26.7. The summed E-state index contributed by atoms with van der Waals surface area (Å²) < 4.78 is 0. The second-order valence-corrected chi connectivity index (χ2v) is 11.4.